The zero-order valence-corrected chi connectivity index (χ0v) is 4.59. The maximum absolute atomic E-state index is 6.99. The first-order valence-electron chi connectivity index (χ1n) is 3.64. The van der Waals surface area contributed by atoms with Crippen LogP contribution >= 0.6 is 0 Å². The smallest absolute Gasteiger partial charge is 0.104 e. The molecule has 1 unspecified atom stereocenters. The van der Waals surface area contributed by atoms with Gasteiger partial charge in [0.15, 0.2) is 0 Å². The Bertz CT molecular complexity index is 132. The fourth-order valence-corrected chi connectivity index (χ4v) is 0.414. The van der Waals surface area contributed by atoms with Crippen LogP contribution in [0.25, 0.3) is 0 Å². The van der Waals surface area contributed by atoms with Crippen molar-refractivity contribution in [3.05, 3.63) is 12.6 Å². The maximum Gasteiger partial charge on any atom is 0.104 e. The molecule has 1 heterocycles. The summed E-state index contributed by atoms with van der Waals surface area (Å²) < 4.78 is 23.5. The average Bonchev–Trinajstić information content (AvgIpc) is 2.71. The van der Waals surface area contributed by atoms with Crippen LogP contribution in [-0.2, 0) is 9.47 Å². The van der Waals surface area contributed by atoms with Gasteiger partial charge in [-0.3, -0.25) is 0 Å². The quantitative estimate of drug-likeness (QED) is 0.396. The molecule has 0 N–H and O–H groups in total. The Morgan fingerprint density at radius 1 is 2.25 bits per heavy atom. The van der Waals surface area contributed by atoms with Crippen LogP contribution in [0.1, 0.15) is 2.74 Å². The largest absolute Gasteiger partial charge is 0.375 e. The van der Waals surface area contributed by atoms with E-state index >= 15 is 0 Å². The first-order chi connectivity index (χ1) is 4.83. The van der Waals surface area contributed by atoms with E-state index in [1.807, 2.05) is 0 Å². The summed E-state index contributed by atoms with van der Waals surface area (Å²) in [7, 11) is 0. The Kier molecular flexibility index (Phi) is 1.29. The Morgan fingerprint density at radius 3 is 3.75 bits per heavy atom. The standard InChI is InChI=1S/C6H10O2/c1-2-3-7-4-6-5-8-6/h2,6H,1,3-5H2/i1D,2D. The number of epoxide rings is 1. The molecule has 0 spiro atoms. The van der Waals surface area contributed by atoms with Crippen LogP contribution in [0.15, 0.2) is 12.6 Å². The zero-order valence-electron chi connectivity index (χ0n) is 6.59. The first-order valence-corrected chi connectivity index (χ1v) is 2.56. The van der Waals surface area contributed by atoms with E-state index in [9.17, 15) is 0 Å². The van der Waals surface area contributed by atoms with Crippen LogP contribution < -0.4 is 0 Å². The van der Waals surface area contributed by atoms with Crippen molar-refractivity contribution in [3.8, 4) is 0 Å². The van der Waals surface area contributed by atoms with Gasteiger partial charge in [-0.1, -0.05) is 6.05 Å². The normalized spacial score (nSPS) is 31.5. The van der Waals surface area contributed by atoms with Gasteiger partial charge in [-0.15, -0.1) is 6.55 Å². The van der Waals surface area contributed by atoms with Crippen molar-refractivity contribution in [3.63, 3.8) is 0 Å². The molecule has 1 rings (SSSR count). The molecule has 0 radical (unpaired) electrons. The van der Waals surface area contributed by atoms with Gasteiger partial charge in [0.2, 0.25) is 0 Å². The molecule has 2 nitrogen and oxygen atoms in total. The van der Waals surface area contributed by atoms with Gasteiger partial charge in [0.1, 0.15) is 6.10 Å². The average molecular weight is 116 g/mol. The SMILES string of the molecule is [2H]C=C([2H])COCC1CO1. The molecule has 0 bridgehead atoms. The van der Waals surface area contributed by atoms with E-state index in [1.54, 1.807) is 0 Å². The van der Waals surface area contributed by atoms with Crippen molar-refractivity contribution < 1.29 is 12.2 Å². The maximum atomic E-state index is 6.99. The highest BCUT2D eigenvalue weighted by molar-refractivity contribution is 4.70. The van der Waals surface area contributed by atoms with Crippen LogP contribution in [-0.4, -0.2) is 25.9 Å². The molecule has 2 heteroatoms. The summed E-state index contributed by atoms with van der Waals surface area (Å²) in [4.78, 5) is 0. The van der Waals surface area contributed by atoms with E-state index in [0.717, 1.165) is 13.2 Å². The number of hydrogen-bond donors (Lipinski definition) is 0. The lowest BCUT2D eigenvalue weighted by molar-refractivity contribution is 0.141. The summed E-state index contributed by atoms with van der Waals surface area (Å²) in [6.07, 6.45) is 0.249. The van der Waals surface area contributed by atoms with Gasteiger partial charge < -0.3 is 9.47 Å². The Hall–Kier alpha value is -0.340. The molecule has 1 atom stereocenters. The van der Waals surface area contributed by atoms with Crippen molar-refractivity contribution in [1.82, 2.24) is 0 Å². The lowest BCUT2D eigenvalue weighted by atomic mass is 10.5. The van der Waals surface area contributed by atoms with Gasteiger partial charge in [-0.2, -0.15) is 0 Å². The highest BCUT2D eigenvalue weighted by Gasteiger charge is 2.21. The van der Waals surface area contributed by atoms with Crippen LogP contribution in [0.3, 0.4) is 0 Å². The molecule has 1 saturated heterocycles. The van der Waals surface area contributed by atoms with E-state index in [4.69, 9.17) is 12.2 Å². The molecule has 1 aliphatic heterocycles. The van der Waals surface area contributed by atoms with Gasteiger partial charge >= 0.3 is 0 Å². The van der Waals surface area contributed by atoms with Crippen molar-refractivity contribution in [1.29, 1.82) is 0 Å². The van der Waals surface area contributed by atoms with Crippen molar-refractivity contribution >= 4 is 0 Å². The zero-order chi connectivity index (χ0) is 7.40. The number of ether oxygens (including phenoxy) is 2. The molecule has 0 saturated carbocycles. The minimum absolute atomic E-state index is 0.195. The molecule has 0 aromatic heterocycles. The lowest BCUT2D eigenvalue weighted by Gasteiger charge is -1.92. The van der Waals surface area contributed by atoms with Gasteiger partial charge in [0, 0.05) is 0 Å². The monoisotopic (exact) mass is 116 g/mol. The van der Waals surface area contributed by atoms with Gasteiger partial charge in [-0.05, 0) is 0 Å². The number of rotatable bonds is 4. The second-order valence-corrected chi connectivity index (χ2v) is 1.67. The van der Waals surface area contributed by atoms with Crippen LogP contribution in [0.2, 0.25) is 0 Å². The fraction of sp³-hybridized carbons (Fsp3) is 0.667. The van der Waals surface area contributed by atoms with Crippen molar-refractivity contribution in [2.24, 2.45) is 0 Å². The predicted octanol–water partition coefficient (Wildman–Crippen LogP) is 0.588. The third-order valence-corrected chi connectivity index (χ3v) is 0.892. The summed E-state index contributed by atoms with van der Waals surface area (Å²) in [6, 6.07) is 0.195. The van der Waals surface area contributed by atoms with Crippen LogP contribution in [0.4, 0.5) is 0 Å². The Morgan fingerprint density at radius 2 is 3.12 bits per heavy atom. The van der Waals surface area contributed by atoms with Gasteiger partial charge in [0.25, 0.3) is 0 Å². The van der Waals surface area contributed by atoms with Crippen molar-refractivity contribution in [2.45, 2.75) is 6.10 Å². The molecule has 46 valence electrons. The second kappa shape index (κ2) is 2.84. The molecule has 0 amide bonds. The summed E-state index contributed by atoms with van der Waals surface area (Å²) in [5.74, 6) is 0. The molecule has 1 fully saturated rings. The van der Waals surface area contributed by atoms with Crippen molar-refractivity contribution in [2.75, 3.05) is 19.8 Å². The van der Waals surface area contributed by atoms with E-state index in [2.05, 4.69) is 0 Å². The summed E-state index contributed by atoms with van der Waals surface area (Å²) in [5, 5.41) is 0. The van der Waals surface area contributed by atoms with Crippen LogP contribution in [0, 0.1) is 0 Å². The molecule has 8 heavy (non-hydrogen) atoms. The molecule has 1 aliphatic rings. The fourth-order valence-electron chi connectivity index (χ4n) is 0.414. The third-order valence-electron chi connectivity index (χ3n) is 0.892. The van der Waals surface area contributed by atoms with E-state index in [-0.39, 0.29) is 18.8 Å². The highest BCUT2D eigenvalue weighted by Crippen LogP contribution is 2.07. The summed E-state index contributed by atoms with van der Waals surface area (Å²) in [5.41, 5.74) is 0. The second-order valence-electron chi connectivity index (χ2n) is 1.67. The minimum Gasteiger partial charge on any atom is -0.375 e. The molecule has 0 aromatic rings. The van der Waals surface area contributed by atoms with Gasteiger partial charge in [-0.25, -0.2) is 0 Å². The van der Waals surface area contributed by atoms with Gasteiger partial charge in [0.05, 0.1) is 22.6 Å². The van der Waals surface area contributed by atoms with Crippen LogP contribution in [0.5, 0.6) is 0 Å². The number of hydrogen-bond acceptors (Lipinski definition) is 2. The highest BCUT2D eigenvalue weighted by atomic mass is 16.6. The Labute approximate surface area is 51.9 Å². The topological polar surface area (TPSA) is 21.8 Å². The predicted molar refractivity (Wildman–Crippen MR) is 30.8 cm³/mol. The lowest BCUT2D eigenvalue weighted by Crippen LogP contribution is -2.00. The Balaban J connectivity index is 1.93. The summed E-state index contributed by atoms with van der Waals surface area (Å²) in [6.45, 7) is 2.53. The summed E-state index contributed by atoms with van der Waals surface area (Å²) >= 11 is 0. The molecular weight excluding hydrogens is 104 g/mol. The molecule has 0 aliphatic carbocycles. The minimum atomic E-state index is 0.195. The third kappa shape index (κ3) is 2.09. The van der Waals surface area contributed by atoms with E-state index in [0.29, 0.717) is 6.61 Å². The molecule has 0 aromatic carbocycles. The van der Waals surface area contributed by atoms with E-state index in [1.165, 1.54) is 0 Å². The molecular formula is C6H10O2. The first kappa shape index (κ1) is 3.64. The van der Waals surface area contributed by atoms with E-state index < -0.39 is 0 Å².